The van der Waals surface area contributed by atoms with Crippen LogP contribution < -0.4 is 9.64 Å². The van der Waals surface area contributed by atoms with Crippen LogP contribution in [0.3, 0.4) is 0 Å². The van der Waals surface area contributed by atoms with Gasteiger partial charge >= 0.3 is 0 Å². The summed E-state index contributed by atoms with van der Waals surface area (Å²) in [7, 11) is 1.63. The Morgan fingerprint density at radius 2 is 1.96 bits per heavy atom. The van der Waals surface area contributed by atoms with E-state index in [9.17, 15) is 10.1 Å². The van der Waals surface area contributed by atoms with Gasteiger partial charge in [0.25, 0.3) is 0 Å². The van der Waals surface area contributed by atoms with Crippen LogP contribution in [0.5, 0.6) is 5.75 Å². The largest absolute Gasteiger partial charge is 0.497 e. The number of carbonyl (C=O) groups excluding carboxylic acids is 1. The van der Waals surface area contributed by atoms with Crippen molar-refractivity contribution in [3.05, 3.63) is 76.3 Å². The SMILES string of the molecule is COc1ccc([C@H]2CC(=O)N3C[NH+](Cc4ccccc4)CSC3=C2C#N)cc1. The minimum Gasteiger partial charge on any atom is -0.497 e. The Hall–Kier alpha value is -2.75. The molecular weight excluding hydrogens is 370 g/mol. The number of carbonyl (C=O) groups is 1. The summed E-state index contributed by atoms with van der Waals surface area (Å²) in [6, 6.07) is 20.4. The fraction of sp³-hybridized carbons (Fsp3) is 0.273. The number of ether oxygens (including phenoxy) is 1. The van der Waals surface area contributed by atoms with Crippen LogP contribution in [0.1, 0.15) is 23.5 Å². The van der Waals surface area contributed by atoms with Gasteiger partial charge in [-0.2, -0.15) is 5.26 Å². The smallest absolute Gasteiger partial charge is 0.232 e. The van der Waals surface area contributed by atoms with E-state index < -0.39 is 0 Å². The summed E-state index contributed by atoms with van der Waals surface area (Å²) >= 11 is 1.62. The third-order valence-electron chi connectivity index (χ3n) is 5.23. The Bertz CT molecular complexity index is 935. The van der Waals surface area contributed by atoms with Crippen molar-refractivity contribution in [3.8, 4) is 11.8 Å². The van der Waals surface area contributed by atoms with Gasteiger partial charge in [0.05, 0.1) is 18.8 Å². The maximum atomic E-state index is 12.9. The monoisotopic (exact) mass is 392 g/mol. The molecule has 5 nitrogen and oxygen atoms in total. The first-order chi connectivity index (χ1) is 13.7. The number of hydrogen-bond donors (Lipinski definition) is 1. The topological polar surface area (TPSA) is 57.8 Å². The molecule has 2 aromatic carbocycles. The van der Waals surface area contributed by atoms with Crippen molar-refractivity contribution in [2.75, 3.05) is 19.7 Å². The molecule has 0 saturated carbocycles. The molecule has 2 aromatic rings. The molecule has 1 N–H and O–H groups in total. The van der Waals surface area contributed by atoms with Gasteiger partial charge in [-0.05, 0) is 29.5 Å². The van der Waals surface area contributed by atoms with Crippen LogP contribution in [0.15, 0.2) is 65.2 Å². The Labute approximate surface area is 169 Å². The minimum atomic E-state index is -0.183. The van der Waals surface area contributed by atoms with Gasteiger partial charge in [-0.25, -0.2) is 0 Å². The maximum Gasteiger partial charge on any atom is 0.232 e. The summed E-state index contributed by atoms with van der Waals surface area (Å²) in [6.45, 7) is 1.48. The lowest BCUT2D eigenvalue weighted by atomic mass is 9.86. The summed E-state index contributed by atoms with van der Waals surface area (Å²) in [5, 5.41) is 10.7. The standard InChI is InChI=1S/C22H21N3O2S/c1-27-18-9-7-17(8-10-18)19-11-21(26)25-14-24(13-16-5-3-2-4-6-16)15-28-22(25)20(19)12-23/h2-10,19H,11,13-15H2,1H3/p+1/t19-/m1/s1. The van der Waals surface area contributed by atoms with Crippen LogP contribution >= 0.6 is 11.8 Å². The molecular formula is C22H22N3O2S+. The number of hydrogen-bond acceptors (Lipinski definition) is 4. The number of nitrogens with one attached hydrogen (secondary N) is 1. The zero-order valence-electron chi connectivity index (χ0n) is 15.7. The summed E-state index contributed by atoms with van der Waals surface area (Å²) in [5.41, 5.74) is 2.94. The zero-order valence-corrected chi connectivity index (χ0v) is 16.5. The number of methoxy groups -OCH3 is 1. The van der Waals surface area contributed by atoms with E-state index in [1.807, 2.05) is 47.4 Å². The van der Waals surface area contributed by atoms with Gasteiger partial charge in [0.15, 0.2) is 6.67 Å². The third kappa shape index (κ3) is 3.64. The molecule has 0 spiro atoms. The molecule has 142 valence electrons. The van der Waals surface area contributed by atoms with Crippen LogP contribution in [0.25, 0.3) is 0 Å². The number of fused-ring (bicyclic) bond motifs is 1. The molecule has 6 heteroatoms. The molecule has 0 bridgehead atoms. The first-order valence-electron chi connectivity index (χ1n) is 9.28. The Balaban J connectivity index is 1.58. The van der Waals surface area contributed by atoms with E-state index in [1.54, 1.807) is 18.9 Å². The predicted octanol–water partition coefficient (Wildman–Crippen LogP) is 2.49. The van der Waals surface area contributed by atoms with E-state index in [0.29, 0.717) is 18.7 Å². The third-order valence-corrected chi connectivity index (χ3v) is 6.50. The lowest BCUT2D eigenvalue weighted by Gasteiger charge is -2.39. The maximum absolute atomic E-state index is 12.9. The van der Waals surface area contributed by atoms with Crippen LogP contribution in [0, 0.1) is 11.3 Å². The number of rotatable bonds is 4. The quantitative estimate of drug-likeness (QED) is 0.869. The molecule has 2 heterocycles. The van der Waals surface area contributed by atoms with Crippen LogP contribution in [0.2, 0.25) is 0 Å². The second-order valence-corrected chi connectivity index (χ2v) is 8.01. The number of nitriles is 1. The zero-order chi connectivity index (χ0) is 19.5. The minimum absolute atomic E-state index is 0.0904. The number of amides is 1. The Kier molecular flexibility index (Phi) is 5.38. The fourth-order valence-electron chi connectivity index (χ4n) is 3.79. The van der Waals surface area contributed by atoms with Crippen molar-refractivity contribution in [3.63, 3.8) is 0 Å². The first kappa shape index (κ1) is 18.6. The molecule has 2 aliphatic heterocycles. The normalized spacial score (nSPS) is 21.9. The first-order valence-corrected chi connectivity index (χ1v) is 10.3. The molecule has 0 aliphatic carbocycles. The Morgan fingerprint density at radius 1 is 1.21 bits per heavy atom. The van der Waals surface area contributed by atoms with Crippen molar-refractivity contribution < 1.29 is 14.4 Å². The average Bonchev–Trinajstić information content (AvgIpc) is 2.75. The van der Waals surface area contributed by atoms with Crippen molar-refractivity contribution >= 4 is 17.7 Å². The van der Waals surface area contributed by atoms with E-state index >= 15 is 0 Å². The van der Waals surface area contributed by atoms with Crippen LogP contribution in [0.4, 0.5) is 0 Å². The molecule has 0 aromatic heterocycles. The van der Waals surface area contributed by atoms with Gasteiger partial charge in [-0.3, -0.25) is 9.69 Å². The predicted molar refractivity (Wildman–Crippen MR) is 108 cm³/mol. The van der Waals surface area contributed by atoms with Crippen molar-refractivity contribution in [2.45, 2.75) is 18.9 Å². The van der Waals surface area contributed by atoms with E-state index in [2.05, 4.69) is 18.2 Å². The van der Waals surface area contributed by atoms with E-state index in [0.717, 1.165) is 28.8 Å². The van der Waals surface area contributed by atoms with Gasteiger partial charge in [-0.1, -0.05) is 42.5 Å². The van der Waals surface area contributed by atoms with Gasteiger partial charge in [0.2, 0.25) is 5.91 Å². The summed E-state index contributed by atoms with van der Waals surface area (Å²) in [4.78, 5) is 16.0. The molecule has 28 heavy (non-hydrogen) atoms. The molecule has 4 rings (SSSR count). The molecule has 1 saturated heterocycles. The van der Waals surface area contributed by atoms with Gasteiger partial charge in [0.1, 0.15) is 23.2 Å². The van der Waals surface area contributed by atoms with Gasteiger partial charge in [-0.15, -0.1) is 0 Å². The van der Waals surface area contributed by atoms with Crippen LogP contribution in [-0.2, 0) is 11.3 Å². The second kappa shape index (κ2) is 8.09. The van der Waals surface area contributed by atoms with Gasteiger partial charge in [0, 0.05) is 17.9 Å². The summed E-state index contributed by atoms with van der Waals surface area (Å²) in [6.07, 6.45) is 0.331. The summed E-state index contributed by atoms with van der Waals surface area (Å²) < 4.78 is 5.22. The number of benzene rings is 2. The molecule has 0 radical (unpaired) electrons. The molecule has 1 fully saturated rings. The lowest BCUT2D eigenvalue weighted by Crippen LogP contribution is -3.12. The molecule has 2 atom stereocenters. The number of quaternary nitrogens is 1. The fourth-order valence-corrected chi connectivity index (χ4v) is 4.99. The Morgan fingerprint density at radius 3 is 2.64 bits per heavy atom. The average molecular weight is 393 g/mol. The number of thioether (sulfide) groups is 1. The number of allylic oxidation sites excluding steroid dienone is 1. The second-order valence-electron chi connectivity index (χ2n) is 7.04. The highest BCUT2D eigenvalue weighted by atomic mass is 32.2. The summed E-state index contributed by atoms with van der Waals surface area (Å²) in [5.74, 6) is 1.52. The molecule has 2 aliphatic rings. The lowest BCUT2D eigenvalue weighted by molar-refractivity contribution is -0.910. The highest BCUT2D eigenvalue weighted by Gasteiger charge is 2.39. The van der Waals surface area contributed by atoms with E-state index in [-0.39, 0.29) is 11.8 Å². The highest BCUT2D eigenvalue weighted by Crippen LogP contribution is 2.40. The van der Waals surface area contributed by atoms with Crippen molar-refractivity contribution in [1.82, 2.24) is 4.90 Å². The van der Waals surface area contributed by atoms with E-state index in [4.69, 9.17) is 4.74 Å². The van der Waals surface area contributed by atoms with Crippen molar-refractivity contribution in [2.24, 2.45) is 0 Å². The van der Waals surface area contributed by atoms with Crippen LogP contribution in [-0.4, -0.2) is 30.5 Å². The number of nitrogens with zero attached hydrogens (tertiary/aromatic N) is 2. The molecule has 1 amide bonds. The molecule has 1 unspecified atom stereocenters. The van der Waals surface area contributed by atoms with E-state index in [1.165, 1.54) is 10.5 Å². The highest BCUT2D eigenvalue weighted by molar-refractivity contribution is 8.02. The van der Waals surface area contributed by atoms with Crippen molar-refractivity contribution in [1.29, 1.82) is 5.26 Å². The van der Waals surface area contributed by atoms with Gasteiger partial charge < -0.3 is 9.64 Å².